The second-order valence-electron chi connectivity index (χ2n) is 4.24. The molecule has 4 N–H and O–H groups in total. The smallest absolute Gasteiger partial charge is 0.269 e. The third kappa shape index (κ3) is 4.77. The number of hydrogen-bond acceptors (Lipinski definition) is 3. The van der Waals surface area contributed by atoms with E-state index in [4.69, 9.17) is 10.5 Å². The number of benzene rings is 2. The van der Waals surface area contributed by atoms with Crippen LogP contribution in [0.3, 0.4) is 0 Å². The topological polar surface area (TPSA) is 76.4 Å². The molecule has 0 radical (unpaired) electrons. The van der Waals surface area contributed by atoms with Crippen molar-refractivity contribution >= 4 is 23.2 Å². The van der Waals surface area contributed by atoms with Crippen molar-refractivity contribution in [3.63, 3.8) is 0 Å². The van der Waals surface area contributed by atoms with Gasteiger partial charge in [0.2, 0.25) is 0 Å². The van der Waals surface area contributed by atoms with Crippen molar-refractivity contribution in [3.05, 3.63) is 65.7 Å². The van der Waals surface area contributed by atoms with Gasteiger partial charge in [-0.15, -0.1) is 0 Å². The second-order valence-corrected chi connectivity index (χ2v) is 4.68. The molecule has 1 amide bonds. The van der Waals surface area contributed by atoms with E-state index in [2.05, 4.69) is 23.1 Å². The summed E-state index contributed by atoms with van der Waals surface area (Å²) in [5, 5.41) is 0.00571. The number of carbonyl (C=O) groups excluding carboxylic acids is 1. The molecule has 0 saturated carbocycles. The van der Waals surface area contributed by atoms with Gasteiger partial charge in [-0.05, 0) is 42.0 Å². The summed E-state index contributed by atoms with van der Waals surface area (Å²) in [6.07, 6.45) is 0. The summed E-state index contributed by atoms with van der Waals surface area (Å²) >= 11 is 4.60. The lowest BCUT2D eigenvalue weighted by molar-refractivity contribution is 0.0944. The first kappa shape index (κ1) is 14.8. The number of ether oxygens (including phenoxy) is 1. The molecule has 0 aliphatic carbocycles. The van der Waals surface area contributed by atoms with Gasteiger partial charge in [-0.2, -0.15) is 0 Å². The molecule has 0 spiro atoms. The number of hydrazine groups is 1. The summed E-state index contributed by atoms with van der Waals surface area (Å²) in [4.78, 5) is 11.7. The molecule has 5 nitrogen and oxygen atoms in total. The highest BCUT2D eigenvalue weighted by atomic mass is 32.1. The maximum atomic E-state index is 11.7. The van der Waals surface area contributed by atoms with Gasteiger partial charge in [-0.25, -0.2) is 0 Å². The minimum Gasteiger partial charge on any atom is -0.489 e. The molecule has 0 fully saturated rings. The standard InChI is InChI=1S/C15H15N3O2S/c16-15(21)18-17-14(19)12-6-8-13(9-7-12)20-10-11-4-2-1-3-5-11/h1-9H,10H2,(H,17,19)(H3,16,18,21). The molecule has 108 valence electrons. The average molecular weight is 301 g/mol. The van der Waals surface area contributed by atoms with Crippen LogP contribution in [0.25, 0.3) is 0 Å². The molecule has 21 heavy (non-hydrogen) atoms. The molecule has 0 bridgehead atoms. The van der Waals surface area contributed by atoms with E-state index in [1.54, 1.807) is 24.3 Å². The van der Waals surface area contributed by atoms with Gasteiger partial charge in [-0.1, -0.05) is 30.3 Å². The van der Waals surface area contributed by atoms with E-state index in [0.29, 0.717) is 17.9 Å². The Kier molecular flexibility index (Phi) is 5.11. The van der Waals surface area contributed by atoms with Crippen molar-refractivity contribution in [2.75, 3.05) is 0 Å². The van der Waals surface area contributed by atoms with Gasteiger partial charge in [0, 0.05) is 5.56 Å². The highest BCUT2D eigenvalue weighted by molar-refractivity contribution is 7.80. The van der Waals surface area contributed by atoms with Crippen LogP contribution in [0, 0.1) is 0 Å². The maximum absolute atomic E-state index is 11.7. The number of nitrogens with two attached hydrogens (primary N) is 1. The summed E-state index contributed by atoms with van der Waals surface area (Å²) in [7, 11) is 0. The van der Waals surface area contributed by atoms with Crippen LogP contribution in [0.2, 0.25) is 0 Å². The molecule has 2 aromatic carbocycles. The summed E-state index contributed by atoms with van der Waals surface area (Å²) < 4.78 is 5.64. The van der Waals surface area contributed by atoms with E-state index in [1.807, 2.05) is 30.3 Å². The first-order valence-electron chi connectivity index (χ1n) is 6.28. The van der Waals surface area contributed by atoms with Crippen LogP contribution in [0.5, 0.6) is 5.75 Å². The molecular weight excluding hydrogens is 286 g/mol. The Labute approximate surface area is 128 Å². The molecule has 0 heterocycles. The number of rotatable bonds is 4. The minimum atomic E-state index is -0.322. The molecule has 6 heteroatoms. The zero-order valence-corrected chi connectivity index (χ0v) is 12.0. The van der Waals surface area contributed by atoms with Crippen LogP contribution < -0.4 is 21.3 Å². The van der Waals surface area contributed by atoms with Crippen molar-refractivity contribution in [2.24, 2.45) is 5.73 Å². The van der Waals surface area contributed by atoms with Gasteiger partial charge in [-0.3, -0.25) is 15.6 Å². The third-order valence-electron chi connectivity index (χ3n) is 2.66. The zero-order valence-electron chi connectivity index (χ0n) is 11.2. The fourth-order valence-corrected chi connectivity index (χ4v) is 1.69. The van der Waals surface area contributed by atoms with Gasteiger partial charge in [0.05, 0.1) is 0 Å². The van der Waals surface area contributed by atoms with E-state index in [9.17, 15) is 4.79 Å². The van der Waals surface area contributed by atoms with Crippen molar-refractivity contribution in [1.29, 1.82) is 0 Å². The van der Waals surface area contributed by atoms with Crippen LogP contribution in [0.15, 0.2) is 54.6 Å². The number of carbonyl (C=O) groups is 1. The third-order valence-corrected chi connectivity index (χ3v) is 2.77. The molecule has 0 saturated heterocycles. The van der Waals surface area contributed by atoms with Crippen molar-refractivity contribution < 1.29 is 9.53 Å². The SMILES string of the molecule is NC(=S)NNC(=O)c1ccc(OCc2ccccc2)cc1. The van der Waals surface area contributed by atoms with Gasteiger partial charge >= 0.3 is 0 Å². The monoisotopic (exact) mass is 301 g/mol. The number of hydrogen-bond donors (Lipinski definition) is 3. The molecule has 0 aliphatic heterocycles. The maximum Gasteiger partial charge on any atom is 0.269 e. The van der Waals surface area contributed by atoms with Crippen molar-refractivity contribution in [2.45, 2.75) is 6.61 Å². The summed E-state index contributed by atoms with van der Waals surface area (Å²) in [5.41, 5.74) is 11.5. The Bertz CT molecular complexity index is 615. The molecule has 0 unspecified atom stereocenters. The Morgan fingerprint density at radius 2 is 1.71 bits per heavy atom. The first-order chi connectivity index (χ1) is 10.1. The lowest BCUT2D eigenvalue weighted by Crippen LogP contribution is -2.44. The van der Waals surface area contributed by atoms with E-state index in [1.165, 1.54) is 0 Å². The van der Waals surface area contributed by atoms with Gasteiger partial charge < -0.3 is 10.5 Å². The Hall–Kier alpha value is -2.60. The lowest BCUT2D eigenvalue weighted by Gasteiger charge is -2.08. The van der Waals surface area contributed by atoms with Gasteiger partial charge in [0.1, 0.15) is 12.4 Å². The normalized spacial score (nSPS) is 9.71. The van der Waals surface area contributed by atoms with E-state index < -0.39 is 0 Å². The van der Waals surface area contributed by atoms with Crippen LogP contribution >= 0.6 is 12.2 Å². The molecular formula is C15H15N3O2S. The summed E-state index contributed by atoms with van der Waals surface area (Å²) in [6, 6.07) is 16.7. The highest BCUT2D eigenvalue weighted by Gasteiger charge is 2.05. The fraction of sp³-hybridized carbons (Fsp3) is 0.0667. The molecule has 0 aliphatic rings. The quantitative estimate of drug-likeness (QED) is 0.592. The fourth-order valence-electron chi connectivity index (χ4n) is 1.63. The van der Waals surface area contributed by atoms with Crippen LogP contribution in [0.4, 0.5) is 0 Å². The molecule has 0 atom stereocenters. The average Bonchev–Trinajstić information content (AvgIpc) is 2.52. The number of nitrogens with one attached hydrogen (secondary N) is 2. The van der Waals surface area contributed by atoms with Crippen molar-refractivity contribution in [1.82, 2.24) is 10.9 Å². The highest BCUT2D eigenvalue weighted by Crippen LogP contribution is 2.14. The molecule has 2 rings (SSSR count). The van der Waals surface area contributed by atoms with E-state index >= 15 is 0 Å². The molecule has 0 aromatic heterocycles. The Morgan fingerprint density at radius 1 is 1.05 bits per heavy atom. The van der Waals surface area contributed by atoms with Gasteiger partial charge in [0.25, 0.3) is 5.91 Å². The van der Waals surface area contributed by atoms with E-state index in [0.717, 1.165) is 5.56 Å². The lowest BCUT2D eigenvalue weighted by atomic mass is 10.2. The minimum absolute atomic E-state index is 0.00571. The van der Waals surface area contributed by atoms with Crippen LogP contribution in [0.1, 0.15) is 15.9 Å². The van der Waals surface area contributed by atoms with E-state index in [-0.39, 0.29) is 11.0 Å². The largest absolute Gasteiger partial charge is 0.489 e. The zero-order chi connectivity index (χ0) is 15.1. The predicted molar refractivity (Wildman–Crippen MR) is 84.6 cm³/mol. The van der Waals surface area contributed by atoms with Crippen LogP contribution in [-0.2, 0) is 6.61 Å². The second kappa shape index (κ2) is 7.25. The Balaban J connectivity index is 1.89. The summed E-state index contributed by atoms with van der Waals surface area (Å²) in [6.45, 7) is 0.482. The van der Waals surface area contributed by atoms with Crippen molar-refractivity contribution in [3.8, 4) is 5.75 Å². The number of thiocarbonyl (C=S) groups is 1. The van der Waals surface area contributed by atoms with Crippen LogP contribution in [-0.4, -0.2) is 11.0 Å². The summed E-state index contributed by atoms with van der Waals surface area (Å²) in [5.74, 6) is 0.370. The first-order valence-corrected chi connectivity index (χ1v) is 6.68. The number of amides is 1. The molecule has 2 aromatic rings. The van der Waals surface area contributed by atoms with Gasteiger partial charge in [0.15, 0.2) is 5.11 Å². The Morgan fingerprint density at radius 3 is 2.33 bits per heavy atom. The predicted octanol–water partition coefficient (Wildman–Crippen LogP) is 1.74.